The summed E-state index contributed by atoms with van der Waals surface area (Å²) in [7, 11) is 0. The van der Waals surface area contributed by atoms with Gasteiger partial charge in [0.25, 0.3) is 33.3 Å². The van der Waals surface area contributed by atoms with E-state index in [0.717, 1.165) is 41.5 Å². The van der Waals surface area contributed by atoms with Crippen LogP contribution in [0.3, 0.4) is 0 Å². The van der Waals surface area contributed by atoms with E-state index in [9.17, 15) is 62.3 Å². The van der Waals surface area contributed by atoms with Gasteiger partial charge in [0, 0.05) is 48.1 Å². The Morgan fingerprint density at radius 3 is 1.25 bits per heavy atom. The number of amides is 6. The number of esters is 7. The Hall–Kier alpha value is -8.20. The highest BCUT2D eigenvalue weighted by Gasteiger charge is 2.62. The zero-order valence-corrected chi connectivity index (χ0v) is 51.3. The summed E-state index contributed by atoms with van der Waals surface area (Å²) in [5.74, 6) is -13.0. The molecular weight excluding hydrogens is 1280 g/mol. The van der Waals surface area contributed by atoms with Crippen molar-refractivity contribution in [1.82, 2.24) is 15.1 Å². The minimum absolute atomic E-state index is 0.129. The molecule has 0 spiro atoms. The maximum atomic E-state index is 14.7. The number of nitrogens with one attached hydrogen (secondary N) is 1. The number of hydrogen-bond donors (Lipinski definition) is 1. The van der Waals surface area contributed by atoms with Crippen molar-refractivity contribution in [2.75, 3.05) is 26.4 Å². The van der Waals surface area contributed by atoms with Gasteiger partial charge in [-0.15, -0.1) is 0 Å². The fourth-order valence-electron chi connectivity index (χ4n) is 10.7. The summed E-state index contributed by atoms with van der Waals surface area (Å²) < 4.78 is 81.5. The van der Waals surface area contributed by atoms with Crippen LogP contribution < -0.4 is 5.32 Å². The van der Waals surface area contributed by atoms with E-state index in [1.54, 1.807) is 11.4 Å². The number of alkyl carbamates (subject to hydrolysis) is 1. The van der Waals surface area contributed by atoms with E-state index in [-0.39, 0.29) is 34.4 Å². The Morgan fingerprint density at radius 1 is 0.451 bits per heavy atom. The number of imide groups is 3. The first-order valence-corrected chi connectivity index (χ1v) is 28.8. The zero-order valence-electron chi connectivity index (χ0n) is 49.0. The molecule has 0 bridgehead atoms. The molecule has 3 fully saturated rings. The average Bonchev–Trinajstić information content (AvgIpc) is 1.75. The lowest BCUT2D eigenvalue weighted by atomic mass is 9.93. The second-order valence-corrected chi connectivity index (χ2v) is 22.8. The summed E-state index contributed by atoms with van der Waals surface area (Å²) in [6, 6.07) is 14.0. The molecule has 8 rings (SSSR count). The van der Waals surface area contributed by atoms with Gasteiger partial charge in [-0.3, -0.25) is 67.9 Å². The third-order valence-corrected chi connectivity index (χ3v) is 14.7. The van der Waals surface area contributed by atoms with Gasteiger partial charge < -0.3 is 66.3 Å². The molecule has 15 atom stereocenters. The number of carbonyl (C=O) groups excluding carboxylic acids is 13. The topological polar surface area (TPSA) is 370 Å². The van der Waals surface area contributed by atoms with E-state index >= 15 is 0 Å². The standard InChI is InChI=1S/C58H58Cl3N3O27/c1-8-78-55-47(89-52(75)31-16-10-9-11-17-31)46(90-54-40(64-50(73)34-20-14-15-21-35(34)51(64)74)45(85-30(7)70)42(83-28(5)68)37(87-54)23-80-26(3)66)43(91-57(77)62-56(76)58(59,60)61)38(88-55)24-81-53-39(63-48(71)32-18-12-13-19-33(32)49(63)72)44(84-29(6)69)41(82-27(4)67)36(86-53)22-79-25(2)65/h9-21,36-47,53-55H,8,22-24H2,1-7H3,(H,62,76,77)/t36-,37-,38-,39+,40+,41-,42-,43+,44-,45-,46+,47-,53-,54+,55+/m1/s1. The van der Waals surface area contributed by atoms with Crippen LogP contribution in [0.15, 0.2) is 78.9 Å². The van der Waals surface area contributed by atoms with Gasteiger partial charge in [-0.05, 0) is 43.3 Å². The lowest BCUT2D eigenvalue weighted by Gasteiger charge is -2.50. The van der Waals surface area contributed by atoms with E-state index in [2.05, 4.69) is 0 Å². The number of hydrogen-bond acceptors (Lipinski definition) is 27. The van der Waals surface area contributed by atoms with Gasteiger partial charge in [0.15, 0.2) is 55.5 Å². The second kappa shape index (κ2) is 29.4. The smallest absolute Gasteiger partial charge is 0.414 e. The number of ether oxygens (including phenoxy) is 14. The number of benzene rings is 3. The average molecular weight is 1340 g/mol. The molecule has 488 valence electrons. The van der Waals surface area contributed by atoms with Crippen molar-refractivity contribution in [2.24, 2.45) is 0 Å². The van der Waals surface area contributed by atoms with Gasteiger partial charge >= 0.3 is 47.9 Å². The molecule has 5 aliphatic rings. The summed E-state index contributed by atoms with van der Waals surface area (Å²) >= 11 is 17.6. The summed E-state index contributed by atoms with van der Waals surface area (Å²) in [6.45, 7) is 4.23. The molecule has 0 saturated carbocycles. The van der Waals surface area contributed by atoms with Gasteiger partial charge in [0.1, 0.15) is 49.7 Å². The van der Waals surface area contributed by atoms with Crippen molar-refractivity contribution < 1.29 is 129 Å². The number of rotatable bonds is 20. The lowest BCUT2D eigenvalue weighted by Crippen LogP contribution is -2.70. The molecule has 0 unspecified atom stereocenters. The number of alkyl halides is 3. The maximum absolute atomic E-state index is 14.7. The third-order valence-electron chi connectivity index (χ3n) is 14.2. The third kappa shape index (κ3) is 15.8. The number of nitrogens with zero attached hydrogens (tertiary/aromatic N) is 2. The van der Waals surface area contributed by atoms with Crippen LogP contribution in [0.4, 0.5) is 4.79 Å². The second-order valence-electron chi connectivity index (χ2n) is 20.5. The van der Waals surface area contributed by atoms with Crippen LogP contribution in [-0.4, -0.2) is 209 Å². The largest absolute Gasteiger partial charge is 0.463 e. The fraction of sp³-hybridized carbons (Fsp3) is 0.466. The Kier molecular flexibility index (Phi) is 22.2. The van der Waals surface area contributed by atoms with Crippen molar-refractivity contribution in [3.63, 3.8) is 0 Å². The zero-order chi connectivity index (χ0) is 66.3. The number of carbonyl (C=O) groups is 13. The van der Waals surface area contributed by atoms with Crippen molar-refractivity contribution in [2.45, 2.75) is 144 Å². The van der Waals surface area contributed by atoms with Gasteiger partial charge in [-0.25, -0.2) is 9.59 Å². The monoisotopic (exact) mass is 1330 g/mol. The van der Waals surface area contributed by atoms with Gasteiger partial charge in [0.05, 0.1) is 34.4 Å². The van der Waals surface area contributed by atoms with E-state index in [4.69, 9.17) is 101 Å². The number of fused-ring (bicyclic) bond motifs is 2. The van der Waals surface area contributed by atoms with Crippen LogP contribution in [-0.2, 0) is 99.9 Å². The van der Waals surface area contributed by atoms with Crippen molar-refractivity contribution in [3.05, 3.63) is 107 Å². The number of halogens is 3. The molecule has 5 aliphatic heterocycles. The molecule has 33 heteroatoms. The first kappa shape index (κ1) is 68.7. The molecule has 3 saturated heterocycles. The lowest BCUT2D eigenvalue weighted by molar-refractivity contribution is -0.355. The Balaban J connectivity index is 1.33. The van der Waals surface area contributed by atoms with Crippen molar-refractivity contribution in [3.8, 4) is 0 Å². The quantitative estimate of drug-likeness (QED) is 0.0735. The van der Waals surface area contributed by atoms with Crippen LogP contribution >= 0.6 is 34.8 Å². The maximum Gasteiger partial charge on any atom is 0.414 e. The van der Waals surface area contributed by atoms with E-state index in [1.165, 1.54) is 79.7 Å². The normalized spacial score (nSPS) is 27.7. The molecule has 5 heterocycles. The van der Waals surface area contributed by atoms with Gasteiger partial charge in [0.2, 0.25) is 0 Å². The van der Waals surface area contributed by atoms with Gasteiger partial charge in [-0.2, -0.15) is 0 Å². The summed E-state index contributed by atoms with van der Waals surface area (Å²) in [6.07, 6.45) is -28.0. The van der Waals surface area contributed by atoms with E-state index < -0.39 is 193 Å². The van der Waals surface area contributed by atoms with Crippen LogP contribution in [0, 0.1) is 0 Å². The SMILES string of the molecule is CCO[C@H]1O[C@H](CO[C@@H]2O[C@H](COC(C)=O)[C@@H](OC(C)=O)[C@H](OC(C)=O)[C@@H]2N2C(=O)c3ccccc3C2=O)[C@H](OC(=O)NC(=O)C(Cl)(Cl)Cl)[C@H](O[C@@H]2O[C@H](COC(C)=O)[C@@H](OC(C)=O)[C@H](OC(C)=O)[C@@H]2N2C(=O)c3ccccc3C2=O)[C@H]1OC(=O)c1ccccc1. The minimum Gasteiger partial charge on any atom is -0.463 e. The molecule has 30 nitrogen and oxygen atoms in total. The first-order chi connectivity index (χ1) is 43.1. The predicted molar refractivity (Wildman–Crippen MR) is 300 cm³/mol. The predicted octanol–water partition coefficient (Wildman–Crippen LogP) is 3.00. The molecule has 3 aromatic carbocycles. The van der Waals surface area contributed by atoms with E-state index in [1.807, 2.05) is 0 Å². The molecule has 6 amide bonds. The van der Waals surface area contributed by atoms with E-state index in [0.29, 0.717) is 9.80 Å². The minimum atomic E-state index is -2.87. The highest BCUT2D eigenvalue weighted by molar-refractivity contribution is 6.76. The molecule has 91 heavy (non-hydrogen) atoms. The van der Waals surface area contributed by atoms with Crippen LogP contribution in [0.2, 0.25) is 0 Å². The Labute approximate surface area is 531 Å². The fourth-order valence-corrected chi connectivity index (χ4v) is 10.8. The highest BCUT2D eigenvalue weighted by Crippen LogP contribution is 2.41. The summed E-state index contributed by atoms with van der Waals surface area (Å²) in [4.78, 5) is 179. The Morgan fingerprint density at radius 2 is 0.835 bits per heavy atom. The molecule has 0 radical (unpaired) electrons. The summed E-state index contributed by atoms with van der Waals surface area (Å²) in [5, 5.41) is 1.73. The summed E-state index contributed by atoms with van der Waals surface area (Å²) in [5.41, 5.74) is -0.818. The first-order valence-electron chi connectivity index (χ1n) is 27.7. The molecular formula is C58H58Cl3N3O27. The molecule has 3 aromatic rings. The van der Waals surface area contributed by atoms with Gasteiger partial charge in [-0.1, -0.05) is 77.3 Å². The van der Waals surface area contributed by atoms with Crippen molar-refractivity contribution >= 4 is 112 Å². The molecule has 0 aromatic heterocycles. The Bertz CT molecular complexity index is 3280. The van der Waals surface area contributed by atoms with Crippen LogP contribution in [0.5, 0.6) is 0 Å². The molecule has 0 aliphatic carbocycles. The van der Waals surface area contributed by atoms with Crippen molar-refractivity contribution in [1.29, 1.82) is 0 Å². The van der Waals surface area contributed by atoms with Crippen LogP contribution in [0.1, 0.15) is 100 Å². The highest BCUT2D eigenvalue weighted by atomic mass is 35.6. The molecule has 1 N–H and O–H groups in total. The van der Waals surface area contributed by atoms with Crippen LogP contribution in [0.25, 0.3) is 0 Å².